The maximum Gasteiger partial charge on any atom is 0.326 e. The second-order valence-corrected chi connectivity index (χ2v) is 4.55. The Morgan fingerprint density at radius 3 is 1.76 bits per heavy atom. The van der Waals surface area contributed by atoms with Gasteiger partial charge in [0.1, 0.15) is 12.2 Å². The van der Waals surface area contributed by atoms with Crippen LogP contribution in [0.1, 0.15) is 48.0 Å². The molecule has 0 amide bonds. The summed E-state index contributed by atoms with van der Waals surface area (Å²) in [5.41, 5.74) is 0. The molecular formula is C12H22O5. The first-order valence-corrected chi connectivity index (χ1v) is 5.71. The lowest BCUT2D eigenvalue weighted by atomic mass is 10.3. The lowest BCUT2D eigenvalue weighted by Gasteiger charge is -2.32. The van der Waals surface area contributed by atoms with Gasteiger partial charge in [-0.15, -0.1) is 0 Å². The van der Waals surface area contributed by atoms with Gasteiger partial charge in [-0.2, -0.15) is 0 Å². The Labute approximate surface area is 102 Å². The van der Waals surface area contributed by atoms with Gasteiger partial charge < -0.3 is 14.2 Å². The minimum atomic E-state index is -1.45. The zero-order chi connectivity index (χ0) is 13.6. The third-order valence-corrected chi connectivity index (χ3v) is 1.59. The summed E-state index contributed by atoms with van der Waals surface area (Å²) in [6.45, 7) is 10.1. The van der Waals surface area contributed by atoms with E-state index in [0.29, 0.717) is 0 Å². The van der Waals surface area contributed by atoms with E-state index in [1.807, 2.05) is 0 Å². The molecule has 0 aromatic heterocycles. The number of hydrogen-bond acceptors (Lipinski definition) is 5. The second kappa shape index (κ2) is 6.71. The molecule has 0 saturated heterocycles. The second-order valence-electron chi connectivity index (χ2n) is 4.55. The highest BCUT2D eigenvalue weighted by Gasteiger charge is 2.33. The predicted molar refractivity (Wildman–Crippen MR) is 62.2 cm³/mol. The van der Waals surface area contributed by atoms with Crippen molar-refractivity contribution in [3.8, 4) is 0 Å². The summed E-state index contributed by atoms with van der Waals surface area (Å²) in [5, 5.41) is 0. The topological polar surface area (TPSA) is 61.8 Å². The Morgan fingerprint density at radius 2 is 1.47 bits per heavy atom. The van der Waals surface area contributed by atoms with E-state index in [4.69, 9.17) is 14.2 Å². The highest BCUT2D eigenvalue weighted by atomic mass is 16.9. The van der Waals surface area contributed by atoms with Crippen LogP contribution in [0.4, 0.5) is 0 Å². The van der Waals surface area contributed by atoms with Crippen LogP contribution in [0.3, 0.4) is 0 Å². The maximum absolute atomic E-state index is 11.4. The van der Waals surface area contributed by atoms with Gasteiger partial charge >= 0.3 is 11.9 Å². The number of carbonyl (C=O) groups excluding carboxylic acids is 2. The molecule has 0 aromatic rings. The summed E-state index contributed by atoms with van der Waals surface area (Å²) >= 11 is 0. The van der Waals surface area contributed by atoms with E-state index in [0.717, 1.165) is 0 Å². The molecule has 0 radical (unpaired) electrons. The fourth-order valence-corrected chi connectivity index (χ4v) is 1.38. The van der Waals surface area contributed by atoms with Crippen molar-refractivity contribution in [1.29, 1.82) is 0 Å². The fraction of sp³-hybridized carbons (Fsp3) is 0.833. The van der Waals surface area contributed by atoms with Gasteiger partial charge in [-0.1, -0.05) is 0 Å². The Bertz CT molecular complexity index is 260. The summed E-state index contributed by atoms with van der Waals surface area (Å²) in [5.74, 6) is -2.36. The highest BCUT2D eigenvalue weighted by molar-refractivity contribution is 5.94. The first-order chi connectivity index (χ1) is 7.64. The summed E-state index contributed by atoms with van der Waals surface area (Å²) < 4.78 is 15.9. The molecule has 0 aliphatic heterocycles. The van der Waals surface area contributed by atoms with Crippen molar-refractivity contribution < 1.29 is 23.8 Å². The molecule has 100 valence electrons. The number of Topliss-reactive ketones (excluding diaryl/α,β-unsaturated/α-hetero) is 1. The lowest BCUT2D eigenvalue weighted by Crippen LogP contribution is -2.42. The number of esters is 1. The molecule has 0 saturated carbocycles. The fourth-order valence-electron chi connectivity index (χ4n) is 1.38. The van der Waals surface area contributed by atoms with Crippen molar-refractivity contribution in [3.63, 3.8) is 0 Å². The third-order valence-electron chi connectivity index (χ3n) is 1.59. The molecule has 0 rings (SSSR count). The predicted octanol–water partition coefficient (Wildman–Crippen LogP) is 2.03. The Morgan fingerprint density at radius 1 is 1.06 bits per heavy atom. The molecule has 5 nitrogen and oxygen atoms in total. The number of ether oxygens (including phenoxy) is 3. The minimum Gasteiger partial charge on any atom is -0.408 e. The average molecular weight is 246 g/mol. The van der Waals surface area contributed by atoms with Crippen LogP contribution in [0.2, 0.25) is 0 Å². The van der Waals surface area contributed by atoms with E-state index >= 15 is 0 Å². The van der Waals surface area contributed by atoms with Gasteiger partial charge in [-0.25, -0.2) is 0 Å². The molecule has 0 bridgehead atoms. The van der Waals surface area contributed by atoms with E-state index in [2.05, 4.69) is 0 Å². The van der Waals surface area contributed by atoms with E-state index < -0.39 is 11.9 Å². The van der Waals surface area contributed by atoms with Crippen molar-refractivity contribution in [3.05, 3.63) is 0 Å². The molecule has 0 aliphatic carbocycles. The van der Waals surface area contributed by atoms with Gasteiger partial charge in [0.2, 0.25) is 0 Å². The van der Waals surface area contributed by atoms with Crippen molar-refractivity contribution in [2.75, 3.05) is 0 Å². The van der Waals surface area contributed by atoms with Crippen LogP contribution in [-0.4, -0.2) is 29.9 Å². The zero-order valence-electron chi connectivity index (χ0n) is 11.4. The molecule has 0 atom stereocenters. The first kappa shape index (κ1) is 16.1. The molecule has 0 aliphatic rings. The van der Waals surface area contributed by atoms with Gasteiger partial charge in [0.05, 0.1) is 12.2 Å². The van der Waals surface area contributed by atoms with Crippen LogP contribution >= 0.6 is 0 Å². The smallest absolute Gasteiger partial charge is 0.326 e. The molecule has 0 fully saturated rings. The van der Waals surface area contributed by atoms with Gasteiger partial charge in [-0.3, -0.25) is 9.59 Å². The third kappa shape index (κ3) is 7.88. The van der Waals surface area contributed by atoms with E-state index in [9.17, 15) is 9.59 Å². The Balaban J connectivity index is 4.57. The number of rotatable bonds is 7. The van der Waals surface area contributed by atoms with Gasteiger partial charge in [0.25, 0.3) is 0 Å². The minimum absolute atomic E-state index is 0.163. The quantitative estimate of drug-likeness (QED) is 0.391. The Hall–Kier alpha value is -0.940. The Kier molecular flexibility index (Phi) is 6.34. The maximum atomic E-state index is 11.4. The lowest BCUT2D eigenvalue weighted by molar-refractivity contribution is -0.372. The van der Waals surface area contributed by atoms with Crippen LogP contribution in [0.15, 0.2) is 0 Å². The summed E-state index contributed by atoms with van der Waals surface area (Å²) in [7, 11) is 0. The highest BCUT2D eigenvalue weighted by Crippen LogP contribution is 2.20. The van der Waals surface area contributed by atoms with Crippen LogP contribution in [0, 0.1) is 0 Å². The molecule has 0 unspecified atom stereocenters. The normalized spacial score (nSPS) is 12.0. The van der Waals surface area contributed by atoms with Gasteiger partial charge in [-0.05, 0) is 34.6 Å². The molecule has 0 heterocycles. The number of hydrogen-bond donors (Lipinski definition) is 0. The summed E-state index contributed by atoms with van der Waals surface area (Å²) in [4.78, 5) is 22.2. The van der Waals surface area contributed by atoms with Crippen LogP contribution in [-0.2, 0) is 23.8 Å². The zero-order valence-corrected chi connectivity index (χ0v) is 11.4. The van der Waals surface area contributed by atoms with Crippen LogP contribution < -0.4 is 0 Å². The van der Waals surface area contributed by atoms with E-state index in [-0.39, 0.29) is 24.4 Å². The molecule has 0 aromatic carbocycles. The van der Waals surface area contributed by atoms with E-state index in [1.54, 1.807) is 27.7 Å². The van der Waals surface area contributed by atoms with Gasteiger partial charge in [0.15, 0.2) is 0 Å². The number of ketones is 1. The van der Waals surface area contributed by atoms with Crippen molar-refractivity contribution in [1.82, 2.24) is 0 Å². The molecule has 0 N–H and O–H groups in total. The summed E-state index contributed by atoms with van der Waals surface area (Å²) in [6, 6.07) is 0. The van der Waals surface area contributed by atoms with Crippen LogP contribution in [0.5, 0.6) is 0 Å². The average Bonchev–Trinajstić information content (AvgIpc) is 1.95. The largest absolute Gasteiger partial charge is 0.408 e. The SMILES string of the molecule is CC(=O)CC(=O)OC(C)(OC(C)C)OC(C)C. The van der Waals surface area contributed by atoms with Crippen molar-refractivity contribution >= 4 is 11.8 Å². The van der Waals surface area contributed by atoms with Crippen molar-refractivity contribution in [2.24, 2.45) is 0 Å². The number of carbonyl (C=O) groups is 2. The van der Waals surface area contributed by atoms with Gasteiger partial charge in [0, 0.05) is 6.92 Å². The monoisotopic (exact) mass is 246 g/mol. The molecule has 17 heavy (non-hydrogen) atoms. The van der Waals surface area contributed by atoms with Crippen molar-refractivity contribution in [2.45, 2.75) is 66.1 Å². The molecule has 5 heteroatoms. The van der Waals surface area contributed by atoms with Crippen LogP contribution in [0.25, 0.3) is 0 Å². The summed E-state index contributed by atoms with van der Waals surface area (Å²) in [6.07, 6.45) is -0.605. The molecule has 0 spiro atoms. The molecular weight excluding hydrogens is 224 g/mol. The standard InChI is InChI=1S/C12H22O5/c1-8(2)15-12(6,16-9(3)4)17-11(14)7-10(5)13/h8-9H,7H2,1-6H3. The van der Waals surface area contributed by atoms with E-state index in [1.165, 1.54) is 13.8 Å². The first-order valence-electron chi connectivity index (χ1n) is 5.71.